The first-order valence-corrected chi connectivity index (χ1v) is 12.6. The standard InChI is InChI=1S/C30H27N3OS/c1-20-10-9-13-24(18-20)29-32-21(2)28(30(34)33(29)17-15-23-11-5-4-6-12-23)27-19-25(22(3)35-27)26-14-7-8-16-31-26/h4-14,16,18-19H,15,17H2,1-3H3. The van der Waals surface area contributed by atoms with E-state index in [1.54, 1.807) is 17.5 Å². The molecule has 0 amide bonds. The Hall–Kier alpha value is -3.83. The van der Waals surface area contributed by atoms with E-state index in [4.69, 9.17) is 4.98 Å². The van der Waals surface area contributed by atoms with Gasteiger partial charge in [0.05, 0.1) is 17.0 Å². The molecule has 0 unspecified atom stereocenters. The molecule has 5 heteroatoms. The van der Waals surface area contributed by atoms with Crippen molar-refractivity contribution in [2.24, 2.45) is 0 Å². The third kappa shape index (κ3) is 4.73. The van der Waals surface area contributed by atoms with Gasteiger partial charge >= 0.3 is 0 Å². The smallest absolute Gasteiger partial charge is 0.262 e. The van der Waals surface area contributed by atoms with Crippen molar-refractivity contribution >= 4 is 11.3 Å². The highest BCUT2D eigenvalue weighted by atomic mass is 32.1. The van der Waals surface area contributed by atoms with Gasteiger partial charge in [-0.3, -0.25) is 14.3 Å². The summed E-state index contributed by atoms with van der Waals surface area (Å²) in [6.45, 7) is 6.64. The molecule has 0 atom stereocenters. The summed E-state index contributed by atoms with van der Waals surface area (Å²) in [5.41, 5.74) is 6.69. The van der Waals surface area contributed by atoms with Gasteiger partial charge in [0.1, 0.15) is 5.82 Å². The van der Waals surface area contributed by atoms with E-state index in [0.717, 1.165) is 44.3 Å². The zero-order valence-corrected chi connectivity index (χ0v) is 21.0. The predicted octanol–water partition coefficient (Wildman–Crippen LogP) is 6.87. The molecule has 0 saturated carbocycles. The highest BCUT2D eigenvalue weighted by molar-refractivity contribution is 7.16. The lowest BCUT2D eigenvalue weighted by Gasteiger charge is -2.16. The predicted molar refractivity (Wildman–Crippen MR) is 145 cm³/mol. The quantitative estimate of drug-likeness (QED) is 0.268. The molecule has 5 rings (SSSR count). The minimum Gasteiger partial charge on any atom is -0.292 e. The van der Waals surface area contributed by atoms with E-state index >= 15 is 0 Å². The minimum atomic E-state index is -0.00115. The highest BCUT2D eigenvalue weighted by Gasteiger charge is 2.20. The number of hydrogen-bond donors (Lipinski definition) is 0. The van der Waals surface area contributed by atoms with Crippen molar-refractivity contribution in [3.05, 3.63) is 117 Å². The number of thiophene rings is 1. The molecule has 3 heterocycles. The van der Waals surface area contributed by atoms with Crippen molar-refractivity contribution in [1.82, 2.24) is 14.5 Å². The summed E-state index contributed by atoms with van der Waals surface area (Å²) in [6, 6.07) is 26.5. The van der Waals surface area contributed by atoms with Gasteiger partial charge in [-0.15, -0.1) is 11.3 Å². The molecule has 0 spiro atoms. The number of nitrogens with zero attached hydrogens (tertiary/aromatic N) is 3. The summed E-state index contributed by atoms with van der Waals surface area (Å²) in [5.74, 6) is 0.717. The third-order valence-corrected chi connectivity index (χ3v) is 7.27. The zero-order valence-electron chi connectivity index (χ0n) is 20.2. The van der Waals surface area contributed by atoms with Crippen LogP contribution in [0.15, 0.2) is 89.9 Å². The molecule has 0 aliphatic carbocycles. The lowest BCUT2D eigenvalue weighted by atomic mass is 10.1. The van der Waals surface area contributed by atoms with Gasteiger partial charge < -0.3 is 0 Å². The fourth-order valence-electron chi connectivity index (χ4n) is 4.42. The van der Waals surface area contributed by atoms with Crippen molar-refractivity contribution < 1.29 is 0 Å². The van der Waals surface area contributed by atoms with Gasteiger partial charge in [0.2, 0.25) is 0 Å². The number of aromatic nitrogens is 3. The molecule has 0 bridgehead atoms. The van der Waals surface area contributed by atoms with Gasteiger partial charge in [-0.2, -0.15) is 0 Å². The van der Waals surface area contributed by atoms with Gasteiger partial charge in [0.25, 0.3) is 5.56 Å². The Labute approximate surface area is 209 Å². The second kappa shape index (κ2) is 9.80. The van der Waals surface area contributed by atoms with Crippen LogP contribution in [-0.2, 0) is 13.0 Å². The average molecular weight is 478 g/mol. The fourth-order valence-corrected chi connectivity index (χ4v) is 5.54. The van der Waals surface area contributed by atoms with Crippen LogP contribution in [0.2, 0.25) is 0 Å². The molecule has 0 N–H and O–H groups in total. The molecule has 35 heavy (non-hydrogen) atoms. The molecule has 0 radical (unpaired) electrons. The zero-order chi connectivity index (χ0) is 24.4. The third-order valence-electron chi connectivity index (χ3n) is 6.20. The van der Waals surface area contributed by atoms with Crippen molar-refractivity contribution in [1.29, 1.82) is 0 Å². The summed E-state index contributed by atoms with van der Waals surface area (Å²) >= 11 is 1.62. The van der Waals surface area contributed by atoms with E-state index in [-0.39, 0.29) is 5.56 Å². The number of pyridine rings is 1. The van der Waals surface area contributed by atoms with E-state index in [0.29, 0.717) is 17.9 Å². The molecule has 0 aliphatic heterocycles. The maximum absolute atomic E-state index is 14.1. The van der Waals surface area contributed by atoms with Gasteiger partial charge in [-0.05, 0) is 57.0 Å². The molecule has 0 fully saturated rings. The lowest BCUT2D eigenvalue weighted by molar-refractivity contribution is 0.663. The van der Waals surface area contributed by atoms with Gasteiger partial charge in [0, 0.05) is 33.6 Å². The van der Waals surface area contributed by atoms with E-state index in [2.05, 4.69) is 49.2 Å². The van der Waals surface area contributed by atoms with Crippen molar-refractivity contribution in [2.45, 2.75) is 33.7 Å². The Morgan fingerprint density at radius 3 is 2.43 bits per heavy atom. The summed E-state index contributed by atoms with van der Waals surface area (Å²) in [7, 11) is 0. The maximum Gasteiger partial charge on any atom is 0.262 e. The normalized spacial score (nSPS) is 11.1. The molecule has 5 aromatic rings. The SMILES string of the molecule is Cc1cccc(-c2nc(C)c(-c3cc(-c4ccccn4)c(C)s3)c(=O)n2CCc2ccccc2)c1. The molecule has 2 aromatic carbocycles. The molecule has 174 valence electrons. The van der Waals surface area contributed by atoms with E-state index < -0.39 is 0 Å². The highest BCUT2D eigenvalue weighted by Crippen LogP contribution is 2.36. The van der Waals surface area contributed by atoms with Gasteiger partial charge in [0.15, 0.2) is 0 Å². The van der Waals surface area contributed by atoms with Crippen LogP contribution in [0, 0.1) is 20.8 Å². The van der Waals surface area contributed by atoms with Gasteiger partial charge in [-0.25, -0.2) is 4.98 Å². The topological polar surface area (TPSA) is 47.8 Å². The Kier molecular flexibility index (Phi) is 6.43. The first-order valence-electron chi connectivity index (χ1n) is 11.8. The first-order chi connectivity index (χ1) is 17.0. The van der Waals surface area contributed by atoms with Crippen molar-refractivity contribution in [2.75, 3.05) is 0 Å². The minimum absolute atomic E-state index is 0.00115. The van der Waals surface area contributed by atoms with Crippen LogP contribution in [-0.4, -0.2) is 14.5 Å². The van der Waals surface area contributed by atoms with Crippen molar-refractivity contribution in [3.8, 4) is 33.1 Å². The van der Waals surface area contributed by atoms with Crippen LogP contribution in [0.3, 0.4) is 0 Å². The number of benzene rings is 2. The second-order valence-corrected chi connectivity index (χ2v) is 10.0. The molecule has 3 aromatic heterocycles. The summed E-state index contributed by atoms with van der Waals surface area (Å²) in [5, 5.41) is 0. The molecule has 4 nitrogen and oxygen atoms in total. The van der Waals surface area contributed by atoms with Crippen molar-refractivity contribution in [3.63, 3.8) is 0 Å². The number of hydrogen-bond acceptors (Lipinski definition) is 4. The molecular weight excluding hydrogens is 450 g/mol. The summed E-state index contributed by atoms with van der Waals surface area (Å²) in [4.78, 5) is 25.6. The lowest BCUT2D eigenvalue weighted by Crippen LogP contribution is -2.26. The van der Waals surface area contributed by atoms with Crippen LogP contribution in [0.4, 0.5) is 0 Å². The molecule has 0 aliphatic rings. The van der Waals surface area contributed by atoms with Crippen LogP contribution < -0.4 is 5.56 Å². The molecular formula is C30H27N3OS. The van der Waals surface area contributed by atoms with Crippen LogP contribution in [0.1, 0.15) is 21.7 Å². The Bertz CT molecular complexity index is 1540. The van der Waals surface area contributed by atoms with E-state index in [1.165, 1.54) is 5.56 Å². The van der Waals surface area contributed by atoms with Crippen LogP contribution in [0.25, 0.3) is 33.1 Å². The maximum atomic E-state index is 14.1. The monoisotopic (exact) mass is 477 g/mol. The Morgan fingerprint density at radius 1 is 0.886 bits per heavy atom. The number of rotatable bonds is 6. The Morgan fingerprint density at radius 2 is 1.69 bits per heavy atom. The van der Waals surface area contributed by atoms with Crippen LogP contribution >= 0.6 is 11.3 Å². The first kappa shape index (κ1) is 22.9. The van der Waals surface area contributed by atoms with E-state index in [9.17, 15) is 4.79 Å². The van der Waals surface area contributed by atoms with Crippen LogP contribution in [0.5, 0.6) is 0 Å². The number of aryl methyl sites for hydroxylation is 4. The fraction of sp³-hybridized carbons (Fsp3) is 0.167. The van der Waals surface area contributed by atoms with E-state index in [1.807, 2.05) is 60.0 Å². The summed E-state index contributed by atoms with van der Waals surface area (Å²) in [6.07, 6.45) is 2.55. The largest absolute Gasteiger partial charge is 0.292 e. The average Bonchev–Trinajstić information content (AvgIpc) is 3.25. The van der Waals surface area contributed by atoms with Gasteiger partial charge in [-0.1, -0.05) is 60.2 Å². The Balaban J connectivity index is 1.65. The summed E-state index contributed by atoms with van der Waals surface area (Å²) < 4.78 is 1.85. The molecule has 0 saturated heterocycles. The second-order valence-electron chi connectivity index (χ2n) is 8.75.